The summed E-state index contributed by atoms with van der Waals surface area (Å²) in [5.74, 6) is 1.74. The molecule has 3 aromatic rings. The average molecular weight is 308 g/mol. The predicted molar refractivity (Wildman–Crippen MR) is 91.0 cm³/mol. The van der Waals surface area contributed by atoms with Crippen molar-refractivity contribution in [1.29, 1.82) is 0 Å². The van der Waals surface area contributed by atoms with Gasteiger partial charge in [0, 0.05) is 11.4 Å². The van der Waals surface area contributed by atoms with Crippen molar-refractivity contribution in [2.24, 2.45) is 0 Å². The number of hydrogen-bond acceptors (Lipinski definition) is 4. The molecule has 0 aliphatic heterocycles. The molecule has 0 amide bonds. The summed E-state index contributed by atoms with van der Waals surface area (Å²) in [5.41, 5.74) is 3.31. The highest BCUT2D eigenvalue weighted by molar-refractivity contribution is 5.46. The van der Waals surface area contributed by atoms with E-state index in [1.807, 2.05) is 35.8 Å². The van der Waals surface area contributed by atoms with Crippen molar-refractivity contribution in [3.63, 3.8) is 0 Å². The summed E-state index contributed by atoms with van der Waals surface area (Å²) in [6, 6.07) is 16.2. The molecule has 5 heteroatoms. The SMILES string of the molecule is CCOc1ccc(NCc2nncn2-c2ccc(C)cc2)cc1. The third-order valence-corrected chi connectivity index (χ3v) is 3.55. The Balaban J connectivity index is 1.69. The van der Waals surface area contributed by atoms with Crippen molar-refractivity contribution in [2.75, 3.05) is 11.9 Å². The number of rotatable bonds is 6. The smallest absolute Gasteiger partial charge is 0.156 e. The number of aromatic nitrogens is 3. The summed E-state index contributed by atoms with van der Waals surface area (Å²) >= 11 is 0. The fraction of sp³-hybridized carbons (Fsp3) is 0.222. The van der Waals surface area contributed by atoms with E-state index in [1.165, 1.54) is 5.56 Å². The van der Waals surface area contributed by atoms with E-state index in [-0.39, 0.29) is 0 Å². The summed E-state index contributed by atoms with van der Waals surface area (Å²) in [7, 11) is 0. The predicted octanol–water partition coefficient (Wildman–Crippen LogP) is 3.59. The molecular formula is C18H20N4O. The lowest BCUT2D eigenvalue weighted by Crippen LogP contribution is -2.07. The van der Waals surface area contributed by atoms with Gasteiger partial charge in [0.2, 0.25) is 0 Å². The van der Waals surface area contributed by atoms with Gasteiger partial charge in [0.15, 0.2) is 5.82 Å². The Labute approximate surface area is 135 Å². The normalized spacial score (nSPS) is 10.5. The van der Waals surface area contributed by atoms with Crippen molar-refractivity contribution in [1.82, 2.24) is 14.8 Å². The summed E-state index contributed by atoms with van der Waals surface area (Å²) < 4.78 is 7.43. The summed E-state index contributed by atoms with van der Waals surface area (Å²) in [4.78, 5) is 0. The molecule has 118 valence electrons. The molecule has 3 rings (SSSR count). The van der Waals surface area contributed by atoms with Crippen molar-refractivity contribution in [3.05, 3.63) is 66.2 Å². The van der Waals surface area contributed by atoms with Crippen LogP contribution in [-0.4, -0.2) is 21.4 Å². The number of hydrogen-bond donors (Lipinski definition) is 1. The van der Waals surface area contributed by atoms with Gasteiger partial charge in [-0.2, -0.15) is 0 Å². The lowest BCUT2D eigenvalue weighted by atomic mass is 10.2. The first kappa shape index (κ1) is 15.1. The molecule has 0 atom stereocenters. The maximum absolute atomic E-state index is 5.44. The first-order valence-electron chi connectivity index (χ1n) is 7.69. The highest BCUT2D eigenvalue weighted by atomic mass is 16.5. The van der Waals surface area contributed by atoms with Crippen LogP contribution < -0.4 is 10.1 Å². The van der Waals surface area contributed by atoms with E-state index in [1.54, 1.807) is 6.33 Å². The monoisotopic (exact) mass is 308 g/mol. The lowest BCUT2D eigenvalue weighted by molar-refractivity contribution is 0.340. The summed E-state index contributed by atoms with van der Waals surface area (Å²) in [5, 5.41) is 11.6. The topological polar surface area (TPSA) is 52.0 Å². The van der Waals surface area contributed by atoms with Crippen LogP contribution in [0.3, 0.4) is 0 Å². The second-order valence-corrected chi connectivity index (χ2v) is 5.26. The second kappa shape index (κ2) is 6.96. The van der Waals surface area contributed by atoms with Gasteiger partial charge in [-0.05, 0) is 50.2 Å². The zero-order chi connectivity index (χ0) is 16.1. The van der Waals surface area contributed by atoms with Gasteiger partial charge in [-0.25, -0.2) is 0 Å². The van der Waals surface area contributed by atoms with Gasteiger partial charge in [0.1, 0.15) is 12.1 Å². The highest BCUT2D eigenvalue weighted by Crippen LogP contribution is 2.17. The van der Waals surface area contributed by atoms with Gasteiger partial charge in [0.05, 0.1) is 13.2 Å². The molecule has 1 N–H and O–H groups in total. The molecule has 0 unspecified atom stereocenters. The number of ether oxygens (including phenoxy) is 1. The fourth-order valence-corrected chi connectivity index (χ4v) is 2.32. The first-order chi connectivity index (χ1) is 11.3. The van der Waals surface area contributed by atoms with Crippen LogP contribution in [0.1, 0.15) is 18.3 Å². The van der Waals surface area contributed by atoms with E-state index in [0.29, 0.717) is 13.2 Å². The Bertz CT molecular complexity index is 747. The Hall–Kier alpha value is -2.82. The van der Waals surface area contributed by atoms with E-state index in [9.17, 15) is 0 Å². The maximum Gasteiger partial charge on any atom is 0.156 e. The van der Waals surface area contributed by atoms with Crippen LogP contribution in [0.25, 0.3) is 5.69 Å². The molecular weight excluding hydrogens is 288 g/mol. The Morgan fingerprint density at radius 2 is 1.78 bits per heavy atom. The first-order valence-corrected chi connectivity index (χ1v) is 7.69. The minimum Gasteiger partial charge on any atom is -0.494 e. The molecule has 0 saturated carbocycles. The molecule has 0 radical (unpaired) electrons. The molecule has 0 aliphatic carbocycles. The number of aryl methyl sites for hydroxylation is 1. The lowest BCUT2D eigenvalue weighted by Gasteiger charge is -2.10. The number of benzene rings is 2. The third kappa shape index (κ3) is 3.69. The number of nitrogens with one attached hydrogen (secondary N) is 1. The molecule has 0 spiro atoms. The van der Waals surface area contributed by atoms with Crippen molar-refractivity contribution < 1.29 is 4.74 Å². The van der Waals surface area contributed by atoms with Crippen LogP contribution in [0.15, 0.2) is 54.9 Å². The zero-order valence-corrected chi connectivity index (χ0v) is 13.4. The van der Waals surface area contributed by atoms with Crippen LogP contribution in [-0.2, 0) is 6.54 Å². The van der Waals surface area contributed by atoms with Crippen LogP contribution in [0.2, 0.25) is 0 Å². The van der Waals surface area contributed by atoms with Crippen molar-refractivity contribution in [3.8, 4) is 11.4 Å². The second-order valence-electron chi connectivity index (χ2n) is 5.26. The maximum atomic E-state index is 5.44. The Morgan fingerprint density at radius 1 is 1.04 bits per heavy atom. The minimum atomic E-state index is 0.599. The van der Waals surface area contributed by atoms with Gasteiger partial charge >= 0.3 is 0 Å². The zero-order valence-electron chi connectivity index (χ0n) is 13.4. The van der Waals surface area contributed by atoms with Gasteiger partial charge in [-0.3, -0.25) is 4.57 Å². The molecule has 5 nitrogen and oxygen atoms in total. The van der Waals surface area contributed by atoms with E-state index < -0.39 is 0 Å². The van der Waals surface area contributed by atoms with Crippen molar-refractivity contribution >= 4 is 5.69 Å². The average Bonchev–Trinajstić information content (AvgIpc) is 3.04. The van der Waals surface area contributed by atoms with E-state index in [2.05, 4.69) is 46.7 Å². The van der Waals surface area contributed by atoms with E-state index in [0.717, 1.165) is 22.9 Å². The van der Waals surface area contributed by atoms with Gasteiger partial charge < -0.3 is 10.1 Å². The van der Waals surface area contributed by atoms with Gasteiger partial charge in [0.25, 0.3) is 0 Å². The standard InChI is InChI=1S/C18H20N4O/c1-3-23-17-10-6-15(7-11-17)19-12-18-21-20-13-22(18)16-8-4-14(2)5-9-16/h4-11,13,19H,3,12H2,1-2H3. The van der Waals surface area contributed by atoms with Crippen LogP contribution in [0, 0.1) is 6.92 Å². The largest absolute Gasteiger partial charge is 0.494 e. The van der Waals surface area contributed by atoms with E-state index in [4.69, 9.17) is 4.74 Å². The number of nitrogens with zero attached hydrogens (tertiary/aromatic N) is 3. The third-order valence-electron chi connectivity index (χ3n) is 3.55. The minimum absolute atomic E-state index is 0.599. The molecule has 0 fully saturated rings. The van der Waals surface area contributed by atoms with Crippen LogP contribution >= 0.6 is 0 Å². The Kier molecular flexibility index (Phi) is 4.57. The molecule has 0 aliphatic rings. The molecule has 23 heavy (non-hydrogen) atoms. The van der Waals surface area contributed by atoms with E-state index >= 15 is 0 Å². The Morgan fingerprint density at radius 3 is 2.48 bits per heavy atom. The van der Waals surface area contributed by atoms with Crippen LogP contribution in [0.4, 0.5) is 5.69 Å². The molecule has 0 saturated heterocycles. The molecule has 0 bridgehead atoms. The fourth-order valence-electron chi connectivity index (χ4n) is 2.32. The summed E-state index contributed by atoms with van der Waals surface area (Å²) in [6.45, 7) is 5.32. The summed E-state index contributed by atoms with van der Waals surface area (Å²) in [6.07, 6.45) is 1.74. The van der Waals surface area contributed by atoms with Crippen LogP contribution in [0.5, 0.6) is 5.75 Å². The van der Waals surface area contributed by atoms with Crippen molar-refractivity contribution in [2.45, 2.75) is 20.4 Å². The molecule has 1 aromatic heterocycles. The molecule has 1 heterocycles. The number of anilines is 1. The quantitative estimate of drug-likeness (QED) is 0.756. The highest BCUT2D eigenvalue weighted by Gasteiger charge is 2.06. The van der Waals surface area contributed by atoms with Gasteiger partial charge in [-0.1, -0.05) is 17.7 Å². The van der Waals surface area contributed by atoms with Gasteiger partial charge in [-0.15, -0.1) is 10.2 Å². The molecule has 2 aromatic carbocycles.